The Kier molecular flexibility index (Phi) is 5.61. The van der Waals surface area contributed by atoms with Crippen LogP contribution < -0.4 is 15.2 Å². The summed E-state index contributed by atoms with van der Waals surface area (Å²) in [5.41, 5.74) is 8.81. The normalized spacial score (nSPS) is 15.3. The third kappa shape index (κ3) is 3.83. The summed E-state index contributed by atoms with van der Waals surface area (Å²) in [6.07, 6.45) is 0. The van der Waals surface area contributed by atoms with Crippen LogP contribution in [0.15, 0.2) is 60.0 Å². The molecule has 1 aromatic heterocycles. The van der Waals surface area contributed by atoms with Crippen LogP contribution in [0.5, 0.6) is 11.6 Å². The molecule has 0 fully saturated rings. The van der Waals surface area contributed by atoms with Crippen LogP contribution in [-0.4, -0.2) is 17.1 Å². The second kappa shape index (κ2) is 8.49. The maximum atomic E-state index is 9.78. The summed E-state index contributed by atoms with van der Waals surface area (Å²) >= 11 is 5.94. The van der Waals surface area contributed by atoms with Gasteiger partial charge in [0.1, 0.15) is 36.4 Å². The molecule has 152 valence electrons. The molecule has 1 aliphatic heterocycles. The van der Waals surface area contributed by atoms with E-state index in [2.05, 4.69) is 16.0 Å². The SMILES string of the molecule is COCc1nc2c([nH]1)[C@@H](c1ccccc1COc1ccc(Cl)cc1)C(C#N)=C(N)O2. The van der Waals surface area contributed by atoms with E-state index in [1.54, 1.807) is 19.2 Å². The van der Waals surface area contributed by atoms with E-state index in [-0.39, 0.29) is 12.5 Å². The van der Waals surface area contributed by atoms with Crippen molar-refractivity contribution in [3.05, 3.63) is 87.7 Å². The topological polar surface area (TPSA) is 106 Å². The highest BCUT2D eigenvalue weighted by molar-refractivity contribution is 6.30. The molecule has 0 saturated heterocycles. The molecule has 0 spiro atoms. The molecule has 30 heavy (non-hydrogen) atoms. The van der Waals surface area contributed by atoms with Gasteiger partial charge in [-0.15, -0.1) is 0 Å². The maximum absolute atomic E-state index is 9.78. The van der Waals surface area contributed by atoms with Crippen molar-refractivity contribution in [1.29, 1.82) is 5.26 Å². The van der Waals surface area contributed by atoms with Crippen molar-refractivity contribution in [3.8, 4) is 17.7 Å². The molecule has 1 aliphatic rings. The molecule has 2 heterocycles. The van der Waals surface area contributed by atoms with Gasteiger partial charge in [-0.05, 0) is 35.4 Å². The van der Waals surface area contributed by atoms with Gasteiger partial charge in [-0.1, -0.05) is 35.9 Å². The summed E-state index contributed by atoms with van der Waals surface area (Å²) in [5.74, 6) is 1.22. The number of ether oxygens (including phenoxy) is 3. The van der Waals surface area contributed by atoms with E-state index in [1.807, 2.05) is 36.4 Å². The van der Waals surface area contributed by atoms with Crippen LogP contribution in [0, 0.1) is 11.3 Å². The number of fused-ring (bicyclic) bond motifs is 1. The lowest BCUT2D eigenvalue weighted by molar-refractivity contribution is 0.178. The first-order valence-corrected chi connectivity index (χ1v) is 9.60. The van der Waals surface area contributed by atoms with Gasteiger partial charge in [0.05, 0.1) is 11.6 Å². The number of rotatable bonds is 6. The van der Waals surface area contributed by atoms with Crippen molar-refractivity contribution in [2.45, 2.75) is 19.1 Å². The molecule has 4 rings (SSSR count). The first-order chi connectivity index (χ1) is 14.6. The molecule has 7 nitrogen and oxygen atoms in total. The number of allylic oxidation sites excluding steroid dienone is 1. The average Bonchev–Trinajstić information content (AvgIpc) is 3.14. The maximum Gasteiger partial charge on any atom is 0.243 e. The third-order valence-corrected chi connectivity index (χ3v) is 5.02. The number of imidazole rings is 1. The van der Waals surface area contributed by atoms with Gasteiger partial charge in [0.25, 0.3) is 0 Å². The Hall–Kier alpha value is -3.47. The lowest BCUT2D eigenvalue weighted by Crippen LogP contribution is -2.22. The molecule has 3 aromatic rings. The van der Waals surface area contributed by atoms with Crippen molar-refractivity contribution in [3.63, 3.8) is 0 Å². The Labute approximate surface area is 178 Å². The van der Waals surface area contributed by atoms with E-state index in [0.29, 0.717) is 40.4 Å². The standard InChI is InChI=1S/C22H19ClN4O3/c1-28-12-18-26-20-19(17(10-24)21(25)30-22(20)27-18)16-5-3-2-4-13(16)11-29-15-8-6-14(23)7-9-15/h2-9,19H,11-12,25H2,1H3,(H,26,27)/t19-/m0/s1. The number of hydrogen-bond donors (Lipinski definition) is 2. The monoisotopic (exact) mass is 422 g/mol. The first-order valence-electron chi connectivity index (χ1n) is 9.22. The number of benzene rings is 2. The highest BCUT2D eigenvalue weighted by atomic mass is 35.5. The lowest BCUT2D eigenvalue weighted by Gasteiger charge is -2.24. The number of nitrogens with zero attached hydrogens (tertiary/aromatic N) is 2. The smallest absolute Gasteiger partial charge is 0.243 e. The average molecular weight is 423 g/mol. The number of H-pyrrole nitrogens is 1. The number of aromatic amines is 1. The third-order valence-electron chi connectivity index (χ3n) is 4.77. The minimum absolute atomic E-state index is 0.0406. The van der Waals surface area contributed by atoms with Crippen LogP contribution in [0.3, 0.4) is 0 Å². The van der Waals surface area contributed by atoms with Crippen molar-refractivity contribution < 1.29 is 14.2 Å². The van der Waals surface area contributed by atoms with Crippen LogP contribution in [0.1, 0.15) is 28.6 Å². The summed E-state index contributed by atoms with van der Waals surface area (Å²) in [7, 11) is 1.58. The van der Waals surface area contributed by atoms with Crippen molar-refractivity contribution >= 4 is 11.6 Å². The fourth-order valence-electron chi connectivity index (χ4n) is 3.41. The van der Waals surface area contributed by atoms with Crippen LogP contribution in [-0.2, 0) is 18.0 Å². The lowest BCUT2D eigenvalue weighted by atomic mass is 9.85. The van der Waals surface area contributed by atoms with Gasteiger partial charge in [0.15, 0.2) is 0 Å². The summed E-state index contributed by atoms with van der Waals surface area (Å²) < 4.78 is 16.7. The van der Waals surface area contributed by atoms with Crippen LogP contribution >= 0.6 is 11.6 Å². The molecule has 0 unspecified atom stereocenters. The van der Waals surface area contributed by atoms with Gasteiger partial charge in [-0.2, -0.15) is 10.2 Å². The molecular formula is C22H19ClN4O3. The number of hydrogen-bond acceptors (Lipinski definition) is 6. The number of methoxy groups -OCH3 is 1. The van der Waals surface area contributed by atoms with Gasteiger partial charge in [-0.25, -0.2) is 0 Å². The predicted molar refractivity (Wildman–Crippen MR) is 111 cm³/mol. The minimum atomic E-state index is -0.457. The summed E-state index contributed by atoms with van der Waals surface area (Å²) in [5, 5.41) is 10.4. The van der Waals surface area contributed by atoms with Crippen LogP contribution in [0.2, 0.25) is 5.02 Å². The molecule has 8 heteroatoms. The first kappa shape index (κ1) is 19.8. The summed E-state index contributed by atoms with van der Waals surface area (Å²) in [4.78, 5) is 7.61. The Morgan fingerprint density at radius 3 is 2.70 bits per heavy atom. The fraction of sp³-hybridized carbons (Fsp3) is 0.182. The molecule has 0 aliphatic carbocycles. The Morgan fingerprint density at radius 2 is 1.97 bits per heavy atom. The Balaban J connectivity index is 1.72. The zero-order chi connectivity index (χ0) is 21.1. The molecule has 2 aromatic carbocycles. The minimum Gasteiger partial charge on any atom is -0.489 e. The van der Waals surface area contributed by atoms with Crippen LogP contribution in [0.4, 0.5) is 0 Å². The molecule has 0 saturated carbocycles. The van der Waals surface area contributed by atoms with Crippen molar-refractivity contribution in [2.24, 2.45) is 5.73 Å². The predicted octanol–water partition coefficient (Wildman–Crippen LogP) is 4.01. The summed E-state index contributed by atoms with van der Waals surface area (Å²) in [6.45, 7) is 0.592. The molecular weight excluding hydrogens is 404 g/mol. The molecule has 0 bridgehead atoms. The van der Waals surface area contributed by atoms with E-state index in [1.165, 1.54) is 0 Å². The van der Waals surface area contributed by atoms with Gasteiger partial charge in [0, 0.05) is 12.1 Å². The molecule has 0 radical (unpaired) electrons. The summed E-state index contributed by atoms with van der Waals surface area (Å²) in [6, 6.07) is 17.1. The van der Waals surface area contributed by atoms with E-state index in [4.69, 9.17) is 31.5 Å². The van der Waals surface area contributed by atoms with Crippen molar-refractivity contribution in [2.75, 3.05) is 7.11 Å². The number of nitriles is 1. The van der Waals surface area contributed by atoms with Crippen LogP contribution in [0.25, 0.3) is 0 Å². The molecule has 3 N–H and O–H groups in total. The Bertz CT molecular complexity index is 1130. The van der Waals surface area contributed by atoms with E-state index in [9.17, 15) is 5.26 Å². The van der Waals surface area contributed by atoms with Crippen molar-refractivity contribution in [1.82, 2.24) is 9.97 Å². The van der Waals surface area contributed by atoms with Gasteiger partial charge < -0.3 is 24.9 Å². The number of nitrogens with two attached hydrogens (primary N) is 1. The van der Waals surface area contributed by atoms with E-state index < -0.39 is 5.92 Å². The Morgan fingerprint density at radius 1 is 1.20 bits per heavy atom. The zero-order valence-corrected chi connectivity index (χ0v) is 16.9. The largest absolute Gasteiger partial charge is 0.489 e. The van der Waals surface area contributed by atoms with E-state index in [0.717, 1.165) is 11.1 Å². The number of aromatic nitrogens is 2. The molecule has 1 atom stereocenters. The van der Waals surface area contributed by atoms with E-state index >= 15 is 0 Å². The van der Waals surface area contributed by atoms with Gasteiger partial charge >= 0.3 is 0 Å². The fourth-order valence-corrected chi connectivity index (χ4v) is 3.54. The quantitative estimate of drug-likeness (QED) is 0.621. The number of halogens is 1. The van der Waals surface area contributed by atoms with Gasteiger partial charge in [-0.3, -0.25) is 0 Å². The second-order valence-corrected chi connectivity index (χ2v) is 7.14. The number of nitrogens with one attached hydrogen (secondary N) is 1. The molecule has 0 amide bonds. The highest BCUT2D eigenvalue weighted by Crippen LogP contribution is 2.42. The zero-order valence-electron chi connectivity index (χ0n) is 16.2. The second-order valence-electron chi connectivity index (χ2n) is 6.70. The van der Waals surface area contributed by atoms with Gasteiger partial charge in [0.2, 0.25) is 11.8 Å². The highest BCUT2D eigenvalue weighted by Gasteiger charge is 2.34.